The minimum Gasteiger partial charge on any atom is -0.494 e. The van der Waals surface area contributed by atoms with E-state index in [4.69, 9.17) is 21.6 Å². The van der Waals surface area contributed by atoms with Crippen molar-refractivity contribution in [1.82, 2.24) is 25.0 Å². The zero-order valence-corrected chi connectivity index (χ0v) is 17.4. The normalized spacial score (nSPS) is 10.6. The third kappa shape index (κ3) is 4.13. The molecule has 4 aromatic rings. The van der Waals surface area contributed by atoms with Crippen LogP contribution in [-0.4, -0.2) is 31.6 Å². The van der Waals surface area contributed by atoms with E-state index >= 15 is 0 Å². The average molecular weight is 435 g/mol. The van der Waals surface area contributed by atoms with Gasteiger partial charge in [0.1, 0.15) is 16.8 Å². The Kier molecular flexibility index (Phi) is 5.93. The molecule has 0 aliphatic heterocycles. The molecule has 0 aliphatic rings. The molecule has 2 aromatic heterocycles. The molecule has 0 amide bonds. The lowest BCUT2D eigenvalue weighted by Gasteiger charge is -2.12. The van der Waals surface area contributed by atoms with Gasteiger partial charge in [-0.25, -0.2) is 0 Å². The van der Waals surface area contributed by atoms with Gasteiger partial charge in [-0.05, 0) is 67.2 Å². The molecule has 148 valence electrons. The first-order valence-corrected chi connectivity index (χ1v) is 10.2. The van der Waals surface area contributed by atoms with Gasteiger partial charge in [0.05, 0.1) is 17.3 Å². The van der Waals surface area contributed by atoms with Gasteiger partial charge >= 0.3 is 0 Å². The van der Waals surface area contributed by atoms with E-state index in [9.17, 15) is 0 Å². The number of benzene rings is 2. The first-order valence-electron chi connectivity index (χ1n) is 9.05. The van der Waals surface area contributed by atoms with Gasteiger partial charge in [0.2, 0.25) is 5.16 Å². The van der Waals surface area contributed by atoms with Crippen molar-refractivity contribution in [2.45, 2.75) is 17.1 Å². The molecule has 0 N–H and O–H groups in total. The summed E-state index contributed by atoms with van der Waals surface area (Å²) < 4.78 is 7.45. The van der Waals surface area contributed by atoms with Crippen LogP contribution < -0.4 is 4.74 Å². The molecule has 0 saturated carbocycles. The Hall–Kier alpha value is -3.41. The molecule has 30 heavy (non-hydrogen) atoms. The van der Waals surface area contributed by atoms with Crippen LogP contribution in [0.2, 0.25) is 5.02 Å². The van der Waals surface area contributed by atoms with E-state index in [1.807, 2.05) is 66.1 Å². The summed E-state index contributed by atoms with van der Waals surface area (Å²) >= 11 is 7.72. The SMILES string of the molecule is CCOc1ccc(-n2c(Sc3ccc(C#N)nn3)nnc2-c2ccccc2Cl)cc1. The summed E-state index contributed by atoms with van der Waals surface area (Å²) in [5.41, 5.74) is 1.87. The quantitative estimate of drug-likeness (QED) is 0.430. The zero-order valence-electron chi connectivity index (χ0n) is 15.9. The van der Waals surface area contributed by atoms with Crippen molar-refractivity contribution in [2.24, 2.45) is 0 Å². The van der Waals surface area contributed by atoms with E-state index in [1.165, 1.54) is 11.8 Å². The largest absolute Gasteiger partial charge is 0.494 e. The maximum absolute atomic E-state index is 8.92. The molecule has 0 spiro atoms. The molecule has 0 aliphatic carbocycles. The fourth-order valence-electron chi connectivity index (χ4n) is 2.77. The van der Waals surface area contributed by atoms with Crippen molar-refractivity contribution in [1.29, 1.82) is 5.26 Å². The van der Waals surface area contributed by atoms with Gasteiger partial charge in [0, 0.05) is 5.56 Å². The van der Waals surface area contributed by atoms with E-state index in [0.29, 0.717) is 27.6 Å². The van der Waals surface area contributed by atoms with Gasteiger partial charge in [-0.1, -0.05) is 23.7 Å². The molecule has 9 heteroatoms. The minimum atomic E-state index is 0.254. The van der Waals surface area contributed by atoms with E-state index in [-0.39, 0.29) is 5.69 Å². The van der Waals surface area contributed by atoms with Crippen molar-refractivity contribution in [2.75, 3.05) is 6.61 Å². The van der Waals surface area contributed by atoms with Crippen molar-refractivity contribution in [3.63, 3.8) is 0 Å². The highest BCUT2D eigenvalue weighted by atomic mass is 35.5. The highest BCUT2D eigenvalue weighted by molar-refractivity contribution is 7.99. The summed E-state index contributed by atoms with van der Waals surface area (Å²) in [7, 11) is 0. The molecular formula is C21H15ClN6OS. The second-order valence-corrected chi connectivity index (χ2v) is 7.41. The third-order valence-corrected chi connectivity index (χ3v) is 5.31. The lowest BCUT2D eigenvalue weighted by Crippen LogP contribution is -2.01. The van der Waals surface area contributed by atoms with Crippen LogP contribution in [0.3, 0.4) is 0 Å². The number of aromatic nitrogens is 5. The highest BCUT2D eigenvalue weighted by Crippen LogP contribution is 2.34. The van der Waals surface area contributed by atoms with Gasteiger partial charge in [-0.3, -0.25) is 4.57 Å². The maximum Gasteiger partial charge on any atom is 0.202 e. The number of ether oxygens (including phenoxy) is 1. The van der Waals surface area contributed by atoms with Crippen LogP contribution in [0, 0.1) is 11.3 Å². The fourth-order valence-corrected chi connectivity index (χ4v) is 3.76. The van der Waals surface area contributed by atoms with Gasteiger partial charge in [-0.2, -0.15) is 5.26 Å². The summed E-state index contributed by atoms with van der Waals surface area (Å²) in [4.78, 5) is 0. The number of nitrogens with zero attached hydrogens (tertiary/aromatic N) is 6. The van der Waals surface area contributed by atoms with Crippen LogP contribution in [0.25, 0.3) is 17.1 Å². The molecule has 7 nitrogen and oxygen atoms in total. The summed E-state index contributed by atoms with van der Waals surface area (Å²) in [6.45, 7) is 2.53. The zero-order chi connectivity index (χ0) is 20.9. The molecule has 0 fully saturated rings. The molecule has 0 radical (unpaired) electrons. The molecule has 0 saturated heterocycles. The van der Waals surface area contributed by atoms with E-state index in [1.54, 1.807) is 12.1 Å². The maximum atomic E-state index is 8.92. The Morgan fingerprint density at radius 1 is 1.00 bits per heavy atom. The second-order valence-electron chi connectivity index (χ2n) is 6.02. The van der Waals surface area contributed by atoms with Crippen LogP contribution in [0.5, 0.6) is 5.75 Å². The number of hydrogen-bond acceptors (Lipinski definition) is 7. The van der Waals surface area contributed by atoms with Crippen molar-refractivity contribution in [3.8, 4) is 28.9 Å². The molecule has 4 rings (SSSR count). The Morgan fingerprint density at radius 2 is 1.80 bits per heavy atom. The summed E-state index contributed by atoms with van der Waals surface area (Å²) in [6.07, 6.45) is 0. The predicted octanol–water partition coefficient (Wildman–Crippen LogP) is 4.80. The Balaban J connectivity index is 1.80. The summed E-state index contributed by atoms with van der Waals surface area (Å²) in [5.74, 6) is 1.38. The van der Waals surface area contributed by atoms with Crippen LogP contribution in [0.1, 0.15) is 12.6 Å². The standard InChI is InChI=1S/C21H15ClN6OS/c1-2-29-16-10-8-15(9-11-16)28-20(17-5-3-4-6-18(17)22)26-27-21(28)30-19-12-7-14(13-23)24-25-19/h3-12H,2H2,1H3. The Labute approximate surface area is 182 Å². The molecule has 2 aromatic carbocycles. The topological polar surface area (TPSA) is 89.5 Å². The van der Waals surface area contributed by atoms with Crippen LogP contribution in [-0.2, 0) is 0 Å². The fraction of sp³-hybridized carbons (Fsp3) is 0.0952. The Morgan fingerprint density at radius 3 is 2.47 bits per heavy atom. The number of halogens is 1. The molecule has 0 unspecified atom stereocenters. The smallest absolute Gasteiger partial charge is 0.202 e. The monoisotopic (exact) mass is 434 g/mol. The van der Waals surface area contributed by atoms with Crippen LogP contribution in [0.4, 0.5) is 0 Å². The van der Waals surface area contributed by atoms with Gasteiger partial charge < -0.3 is 4.74 Å². The van der Waals surface area contributed by atoms with E-state index < -0.39 is 0 Å². The highest BCUT2D eigenvalue weighted by Gasteiger charge is 2.19. The first kappa shape index (κ1) is 19.9. The van der Waals surface area contributed by atoms with E-state index in [0.717, 1.165) is 17.0 Å². The number of nitriles is 1. The molecule has 0 bridgehead atoms. The van der Waals surface area contributed by atoms with Crippen molar-refractivity contribution >= 4 is 23.4 Å². The minimum absolute atomic E-state index is 0.254. The van der Waals surface area contributed by atoms with Crippen molar-refractivity contribution in [3.05, 3.63) is 71.4 Å². The molecule has 0 atom stereocenters. The lowest BCUT2D eigenvalue weighted by molar-refractivity contribution is 0.340. The first-order chi connectivity index (χ1) is 14.7. The third-order valence-electron chi connectivity index (χ3n) is 4.10. The van der Waals surface area contributed by atoms with Crippen LogP contribution in [0.15, 0.2) is 70.8 Å². The van der Waals surface area contributed by atoms with Crippen LogP contribution >= 0.6 is 23.4 Å². The van der Waals surface area contributed by atoms with Gasteiger partial charge in [-0.15, -0.1) is 20.4 Å². The predicted molar refractivity (Wildman–Crippen MR) is 114 cm³/mol. The van der Waals surface area contributed by atoms with E-state index in [2.05, 4.69) is 20.4 Å². The Bertz CT molecular complexity index is 1200. The van der Waals surface area contributed by atoms with Gasteiger partial charge in [0.15, 0.2) is 11.5 Å². The number of rotatable bonds is 6. The number of hydrogen-bond donors (Lipinski definition) is 0. The second kappa shape index (κ2) is 8.95. The van der Waals surface area contributed by atoms with Crippen molar-refractivity contribution < 1.29 is 4.74 Å². The van der Waals surface area contributed by atoms with Gasteiger partial charge in [0.25, 0.3) is 0 Å². The average Bonchev–Trinajstić information content (AvgIpc) is 3.18. The lowest BCUT2D eigenvalue weighted by atomic mass is 10.2. The molecular weight excluding hydrogens is 420 g/mol. The molecule has 2 heterocycles. The summed E-state index contributed by atoms with van der Waals surface area (Å²) in [6, 6.07) is 20.4. The summed E-state index contributed by atoms with van der Waals surface area (Å²) in [5, 5.41) is 27.4.